The van der Waals surface area contributed by atoms with Crippen LogP contribution in [0.5, 0.6) is 5.75 Å². The van der Waals surface area contributed by atoms with Crippen LogP contribution in [-0.4, -0.2) is 18.0 Å². The highest BCUT2D eigenvalue weighted by Crippen LogP contribution is 2.26. The van der Waals surface area contributed by atoms with Crippen molar-refractivity contribution in [3.05, 3.63) is 59.7 Å². The van der Waals surface area contributed by atoms with Crippen molar-refractivity contribution in [2.24, 2.45) is 0 Å². The SMILES string of the molecule is COc1cccc(C(O)CSc2ccc(C)cc2)c1. The van der Waals surface area contributed by atoms with Crippen molar-refractivity contribution in [2.45, 2.75) is 17.9 Å². The summed E-state index contributed by atoms with van der Waals surface area (Å²) in [5.41, 5.74) is 2.14. The normalized spacial score (nSPS) is 12.2. The van der Waals surface area contributed by atoms with Gasteiger partial charge in [-0.1, -0.05) is 29.8 Å². The molecule has 0 radical (unpaired) electrons. The summed E-state index contributed by atoms with van der Waals surface area (Å²) in [7, 11) is 1.63. The molecule has 2 aromatic rings. The number of rotatable bonds is 5. The predicted molar refractivity (Wildman–Crippen MR) is 79.9 cm³/mol. The molecule has 0 aliphatic rings. The average Bonchev–Trinajstić information content (AvgIpc) is 2.46. The van der Waals surface area contributed by atoms with Gasteiger partial charge in [0.1, 0.15) is 5.75 Å². The lowest BCUT2D eigenvalue weighted by atomic mass is 10.1. The Labute approximate surface area is 118 Å². The molecule has 2 aromatic carbocycles. The molecule has 1 N–H and O–H groups in total. The second-order valence-corrected chi connectivity index (χ2v) is 5.51. The Morgan fingerprint density at radius 3 is 2.58 bits per heavy atom. The Morgan fingerprint density at radius 2 is 1.89 bits per heavy atom. The third-order valence-corrected chi connectivity index (χ3v) is 4.00. The fraction of sp³-hybridized carbons (Fsp3) is 0.250. The van der Waals surface area contributed by atoms with E-state index in [1.807, 2.05) is 24.3 Å². The molecule has 3 heteroatoms. The number of benzene rings is 2. The molecule has 2 rings (SSSR count). The lowest BCUT2D eigenvalue weighted by molar-refractivity contribution is 0.203. The molecule has 0 heterocycles. The van der Waals surface area contributed by atoms with Gasteiger partial charge in [-0.2, -0.15) is 0 Å². The molecule has 0 amide bonds. The minimum atomic E-state index is -0.485. The van der Waals surface area contributed by atoms with E-state index < -0.39 is 6.10 Å². The van der Waals surface area contributed by atoms with Crippen molar-refractivity contribution in [3.63, 3.8) is 0 Å². The van der Waals surface area contributed by atoms with Gasteiger partial charge in [-0.25, -0.2) is 0 Å². The molecule has 0 saturated carbocycles. The Hall–Kier alpha value is -1.45. The number of hydrogen-bond donors (Lipinski definition) is 1. The highest BCUT2D eigenvalue weighted by molar-refractivity contribution is 7.99. The monoisotopic (exact) mass is 274 g/mol. The second-order valence-electron chi connectivity index (χ2n) is 4.42. The molecule has 0 spiro atoms. The molecule has 0 fully saturated rings. The van der Waals surface area contributed by atoms with Gasteiger partial charge in [0.05, 0.1) is 13.2 Å². The van der Waals surface area contributed by atoms with Crippen LogP contribution in [0, 0.1) is 6.92 Å². The lowest BCUT2D eigenvalue weighted by Gasteiger charge is -2.12. The maximum atomic E-state index is 10.2. The van der Waals surface area contributed by atoms with E-state index in [1.54, 1.807) is 18.9 Å². The van der Waals surface area contributed by atoms with Gasteiger partial charge < -0.3 is 9.84 Å². The zero-order valence-electron chi connectivity index (χ0n) is 11.2. The van der Waals surface area contributed by atoms with Gasteiger partial charge >= 0.3 is 0 Å². The van der Waals surface area contributed by atoms with Gasteiger partial charge in [-0.05, 0) is 36.8 Å². The molecule has 0 aliphatic heterocycles. The van der Waals surface area contributed by atoms with Gasteiger partial charge in [0.15, 0.2) is 0 Å². The van der Waals surface area contributed by atoms with Gasteiger partial charge in [-0.15, -0.1) is 11.8 Å². The van der Waals surface area contributed by atoms with Gasteiger partial charge in [0.2, 0.25) is 0 Å². The first kappa shape index (κ1) is 14.0. The maximum Gasteiger partial charge on any atom is 0.119 e. The Balaban J connectivity index is 1.96. The molecule has 0 aromatic heterocycles. The van der Waals surface area contributed by atoms with E-state index in [9.17, 15) is 5.11 Å². The van der Waals surface area contributed by atoms with Gasteiger partial charge in [0, 0.05) is 10.6 Å². The van der Waals surface area contributed by atoms with Crippen molar-refractivity contribution in [1.82, 2.24) is 0 Å². The summed E-state index contributed by atoms with van der Waals surface area (Å²) in [5, 5.41) is 10.2. The van der Waals surface area contributed by atoms with Crippen LogP contribution in [0.25, 0.3) is 0 Å². The summed E-state index contributed by atoms with van der Waals surface area (Å²) in [6.07, 6.45) is -0.485. The Kier molecular flexibility index (Phi) is 4.88. The van der Waals surface area contributed by atoms with E-state index in [1.165, 1.54) is 10.5 Å². The first-order chi connectivity index (χ1) is 9.19. The third-order valence-electron chi connectivity index (χ3n) is 2.91. The van der Waals surface area contributed by atoms with Crippen molar-refractivity contribution < 1.29 is 9.84 Å². The minimum Gasteiger partial charge on any atom is -0.497 e. The number of aliphatic hydroxyl groups is 1. The number of ether oxygens (including phenoxy) is 1. The highest BCUT2D eigenvalue weighted by atomic mass is 32.2. The van der Waals surface area contributed by atoms with Crippen molar-refractivity contribution >= 4 is 11.8 Å². The van der Waals surface area contributed by atoms with Crippen LogP contribution in [0.3, 0.4) is 0 Å². The minimum absolute atomic E-state index is 0.485. The molecule has 100 valence electrons. The molecular weight excluding hydrogens is 256 g/mol. The number of methoxy groups -OCH3 is 1. The maximum absolute atomic E-state index is 10.2. The van der Waals surface area contributed by atoms with Crippen LogP contribution < -0.4 is 4.74 Å². The van der Waals surface area contributed by atoms with Crippen LogP contribution in [0.15, 0.2) is 53.4 Å². The summed E-state index contributed by atoms with van der Waals surface area (Å²) in [4.78, 5) is 1.17. The van der Waals surface area contributed by atoms with Crippen molar-refractivity contribution in [3.8, 4) is 5.75 Å². The van der Waals surface area contributed by atoms with E-state index in [0.717, 1.165) is 11.3 Å². The van der Waals surface area contributed by atoms with Crippen LogP contribution in [0.4, 0.5) is 0 Å². The topological polar surface area (TPSA) is 29.5 Å². The molecule has 19 heavy (non-hydrogen) atoms. The summed E-state index contributed by atoms with van der Waals surface area (Å²) in [6.45, 7) is 2.07. The quantitative estimate of drug-likeness (QED) is 0.840. The van der Waals surface area contributed by atoms with Crippen molar-refractivity contribution in [1.29, 1.82) is 0 Å². The average molecular weight is 274 g/mol. The molecule has 1 unspecified atom stereocenters. The smallest absolute Gasteiger partial charge is 0.119 e. The predicted octanol–water partition coefficient (Wildman–Crippen LogP) is 3.83. The molecule has 0 bridgehead atoms. The largest absolute Gasteiger partial charge is 0.497 e. The first-order valence-electron chi connectivity index (χ1n) is 6.20. The fourth-order valence-electron chi connectivity index (χ4n) is 1.75. The van der Waals surface area contributed by atoms with E-state index in [0.29, 0.717) is 5.75 Å². The van der Waals surface area contributed by atoms with Crippen LogP contribution >= 0.6 is 11.8 Å². The van der Waals surface area contributed by atoms with Crippen LogP contribution in [-0.2, 0) is 0 Å². The number of aryl methyl sites for hydroxylation is 1. The van der Waals surface area contributed by atoms with Crippen molar-refractivity contribution in [2.75, 3.05) is 12.9 Å². The fourth-order valence-corrected chi connectivity index (χ4v) is 2.63. The van der Waals surface area contributed by atoms with Gasteiger partial charge in [0.25, 0.3) is 0 Å². The van der Waals surface area contributed by atoms with Crippen LogP contribution in [0.1, 0.15) is 17.2 Å². The standard InChI is InChI=1S/C16H18O2S/c1-12-6-8-15(9-7-12)19-11-16(17)13-4-3-5-14(10-13)18-2/h3-10,16-17H,11H2,1-2H3. The molecule has 1 atom stereocenters. The third kappa shape index (κ3) is 4.01. The number of hydrogen-bond acceptors (Lipinski definition) is 3. The zero-order chi connectivity index (χ0) is 13.7. The first-order valence-corrected chi connectivity index (χ1v) is 7.19. The van der Waals surface area contributed by atoms with E-state index >= 15 is 0 Å². The summed E-state index contributed by atoms with van der Waals surface area (Å²) < 4.78 is 5.16. The molecular formula is C16H18O2S. The van der Waals surface area contributed by atoms with E-state index in [4.69, 9.17) is 4.74 Å². The Morgan fingerprint density at radius 1 is 1.16 bits per heavy atom. The molecule has 0 aliphatic carbocycles. The van der Waals surface area contributed by atoms with Gasteiger partial charge in [-0.3, -0.25) is 0 Å². The summed E-state index contributed by atoms with van der Waals surface area (Å²) >= 11 is 1.65. The molecule has 2 nitrogen and oxygen atoms in total. The second kappa shape index (κ2) is 6.64. The zero-order valence-corrected chi connectivity index (χ0v) is 12.0. The lowest BCUT2D eigenvalue weighted by Crippen LogP contribution is -2.00. The highest BCUT2D eigenvalue weighted by Gasteiger charge is 2.09. The van der Waals surface area contributed by atoms with E-state index in [-0.39, 0.29) is 0 Å². The number of aliphatic hydroxyl groups excluding tert-OH is 1. The summed E-state index contributed by atoms with van der Waals surface area (Å²) in [5.74, 6) is 1.41. The number of thioether (sulfide) groups is 1. The molecule has 0 saturated heterocycles. The van der Waals surface area contributed by atoms with Crippen LogP contribution in [0.2, 0.25) is 0 Å². The Bertz CT molecular complexity index is 523. The van der Waals surface area contributed by atoms with E-state index in [2.05, 4.69) is 31.2 Å². The summed E-state index contributed by atoms with van der Waals surface area (Å²) in [6, 6.07) is 15.9.